The first-order valence-corrected chi connectivity index (χ1v) is 8.15. The van der Waals surface area contributed by atoms with E-state index in [0.717, 1.165) is 19.4 Å². The number of hydrogen-bond donors (Lipinski definition) is 2. The number of thiophene rings is 1. The number of carbonyl (C=O) groups is 1. The lowest BCUT2D eigenvalue weighted by Gasteiger charge is -2.15. The Hall–Kier alpha value is -1.88. The van der Waals surface area contributed by atoms with Crippen LogP contribution >= 0.6 is 11.3 Å². The Morgan fingerprint density at radius 3 is 3.00 bits per heavy atom. The summed E-state index contributed by atoms with van der Waals surface area (Å²) < 4.78 is 0. The van der Waals surface area contributed by atoms with E-state index in [9.17, 15) is 4.79 Å². The van der Waals surface area contributed by atoms with Crippen LogP contribution in [0.15, 0.2) is 35.2 Å². The minimum absolute atomic E-state index is 0.0792. The zero-order chi connectivity index (χ0) is 15.1. The largest absolute Gasteiger partial charge is 0.369 e. The highest BCUT2D eigenvalue weighted by Gasteiger charge is 2.14. The number of aromatic nitrogens is 1. The Bertz CT molecular complexity index is 569. The third-order valence-corrected chi connectivity index (χ3v) is 3.83. The first-order chi connectivity index (χ1) is 10.2. The summed E-state index contributed by atoms with van der Waals surface area (Å²) in [4.78, 5) is 16.6. The molecule has 2 N–H and O–H groups in total. The van der Waals surface area contributed by atoms with E-state index in [-0.39, 0.29) is 11.9 Å². The molecule has 4 nitrogen and oxygen atoms in total. The normalized spacial score (nSPS) is 11.9. The molecule has 1 atom stereocenters. The van der Waals surface area contributed by atoms with Crippen molar-refractivity contribution in [1.29, 1.82) is 0 Å². The molecule has 1 amide bonds. The van der Waals surface area contributed by atoms with Gasteiger partial charge in [0.25, 0.3) is 5.91 Å². The fourth-order valence-electron chi connectivity index (χ4n) is 2.09. The quantitative estimate of drug-likeness (QED) is 0.825. The number of nitrogens with zero attached hydrogens (tertiary/aromatic N) is 1. The van der Waals surface area contributed by atoms with Gasteiger partial charge in [0.15, 0.2) is 0 Å². The van der Waals surface area contributed by atoms with Crippen LogP contribution < -0.4 is 10.6 Å². The lowest BCUT2D eigenvalue weighted by atomic mass is 10.1. The molecule has 21 heavy (non-hydrogen) atoms. The Morgan fingerprint density at radius 1 is 1.43 bits per heavy atom. The van der Waals surface area contributed by atoms with E-state index in [1.165, 1.54) is 5.56 Å². The van der Waals surface area contributed by atoms with Crippen molar-refractivity contribution >= 4 is 23.1 Å². The second-order valence-corrected chi connectivity index (χ2v) is 5.82. The molecule has 0 saturated heterocycles. The van der Waals surface area contributed by atoms with E-state index in [1.54, 1.807) is 29.7 Å². The fraction of sp³-hybridized carbons (Fsp3) is 0.375. The molecule has 112 valence electrons. The van der Waals surface area contributed by atoms with Gasteiger partial charge in [-0.05, 0) is 54.3 Å². The highest BCUT2D eigenvalue weighted by Crippen LogP contribution is 2.13. The van der Waals surface area contributed by atoms with E-state index in [0.29, 0.717) is 11.4 Å². The third-order valence-electron chi connectivity index (χ3n) is 3.09. The summed E-state index contributed by atoms with van der Waals surface area (Å²) in [5.41, 5.74) is 1.85. The van der Waals surface area contributed by atoms with Crippen LogP contribution in [0.4, 0.5) is 5.82 Å². The van der Waals surface area contributed by atoms with Crippen molar-refractivity contribution in [3.05, 3.63) is 46.3 Å². The van der Waals surface area contributed by atoms with Gasteiger partial charge in [-0.15, -0.1) is 0 Å². The molecule has 5 heteroatoms. The minimum atomic E-state index is -0.0792. The van der Waals surface area contributed by atoms with Gasteiger partial charge in [0.1, 0.15) is 5.82 Å². The molecule has 2 aromatic rings. The highest BCUT2D eigenvalue weighted by molar-refractivity contribution is 7.07. The molecule has 0 bridgehead atoms. The van der Waals surface area contributed by atoms with Crippen LogP contribution in [0, 0.1) is 0 Å². The predicted octanol–water partition coefficient (Wildman–Crippen LogP) is 3.33. The standard InChI is InChI=1S/C16H21N3OS/c1-3-7-17-15-14(5-4-8-18-15)16(20)19-12(2)10-13-6-9-21-11-13/h4-6,8-9,11-12H,3,7,10H2,1-2H3,(H,17,18)(H,19,20). The van der Waals surface area contributed by atoms with Crippen LogP contribution in [-0.2, 0) is 6.42 Å². The molecule has 2 aromatic heterocycles. The van der Waals surface area contributed by atoms with E-state index < -0.39 is 0 Å². The molecular weight excluding hydrogens is 282 g/mol. The summed E-state index contributed by atoms with van der Waals surface area (Å²) in [6.45, 7) is 4.91. The second-order valence-electron chi connectivity index (χ2n) is 5.04. The second kappa shape index (κ2) is 7.78. The number of hydrogen-bond acceptors (Lipinski definition) is 4. The van der Waals surface area contributed by atoms with Gasteiger partial charge in [-0.2, -0.15) is 11.3 Å². The molecule has 0 saturated carbocycles. The Labute approximate surface area is 129 Å². The van der Waals surface area contributed by atoms with Crippen molar-refractivity contribution in [2.45, 2.75) is 32.7 Å². The van der Waals surface area contributed by atoms with Crippen LogP contribution in [0.25, 0.3) is 0 Å². The molecule has 0 aliphatic carbocycles. The molecule has 0 fully saturated rings. The summed E-state index contributed by atoms with van der Waals surface area (Å²) in [6, 6.07) is 5.77. The Kier molecular flexibility index (Phi) is 5.75. The molecular formula is C16H21N3OS. The molecule has 2 rings (SSSR count). The van der Waals surface area contributed by atoms with Crippen molar-refractivity contribution in [3.63, 3.8) is 0 Å². The molecule has 0 radical (unpaired) electrons. The lowest BCUT2D eigenvalue weighted by Crippen LogP contribution is -2.34. The monoisotopic (exact) mass is 303 g/mol. The van der Waals surface area contributed by atoms with Gasteiger partial charge >= 0.3 is 0 Å². The van der Waals surface area contributed by atoms with E-state index in [4.69, 9.17) is 0 Å². The summed E-state index contributed by atoms with van der Waals surface area (Å²) in [5, 5.41) is 10.4. The topological polar surface area (TPSA) is 54.0 Å². The van der Waals surface area contributed by atoms with Gasteiger partial charge in [0, 0.05) is 18.8 Å². The zero-order valence-corrected chi connectivity index (χ0v) is 13.2. The number of anilines is 1. The van der Waals surface area contributed by atoms with E-state index >= 15 is 0 Å². The smallest absolute Gasteiger partial charge is 0.255 e. The van der Waals surface area contributed by atoms with Gasteiger partial charge in [-0.1, -0.05) is 6.92 Å². The summed E-state index contributed by atoms with van der Waals surface area (Å²) >= 11 is 1.68. The van der Waals surface area contributed by atoms with Gasteiger partial charge in [0.2, 0.25) is 0 Å². The number of amides is 1. The fourth-order valence-corrected chi connectivity index (χ4v) is 2.77. The van der Waals surface area contributed by atoms with E-state index in [1.807, 2.05) is 6.92 Å². The van der Waals surface area contributed by atoms with Crippen molar-refractivity contribution in [3.8, 4) is 0 Å². The maximum absolute atomic E-state index is 12.4. The Morgan fingerprint density at radius 2 is 2.29 bits per heavy atom. The molecule has 0 spiro atoms. The SMILES string of the molecule is CCCNc1ncccc1C(=O)NC(C)Cc1ccsc1. The van der Waals surface area contributed by atoms with Crippen LogP contribution in [0.5, 0.6) is 0 Å². The van der Waals surface area contributed by atoms with Gasteiger partial charge < -0.3 is 10.6 Å². The molecule has 0 aliphatic heterocycles. The first kappa shape index (κ1) is 15.5. The number of rotatable bonds is 7. The van der Waals surface area contributed by atoms with Crippen LogP contribution in [0.2, 0.25) is 0 Å². The summed E-state index contributed by atoms with van der Waals surface area (Å²) in [5.74, 6) is 0.573. The zero-order valence-electron chi connectivity index (χ0n) is 12.4. The van der Waals surface area contributed by atoms with Gasteiger partial charge in [-0.25, -0.2) is 4.98 Å². The Balaban J connectivity index is 1.99. The van der Waals surface area contributed by atoms with Crippen molar-refractivity contribution < 1.29 is 4.79 Å². The van der Waals surface area contributed by atoms with Gasteiger partial charge in [-0.3, -0.25) is 4.79 Å². The van der Waals surface area contributed by atoms with Crippen LogP contribution in [-0.4, -0.2) is 23.5 Å². The van der Waals surface area contributed by atoms with Crippen molar-refractivity contribution in [2.75, 3.05) is 11.9 Å². The van der Waals surface area contributed by atoms with Crippen LogP contribution in [0.3, 0.4) is 0 Å². The average Bonchev–Trinajstić information content (AvgIpc) is 2.98. The minimum Gasteiger partial charge on any atom is -0.369 e. The lowest BCUT2D eigenvalue weighted by molar-refractivity contribution is 0.0940. The van der Waals surface area contributed by atoms with Crippen molar-refractivity contribution in [2.24, 2.45) is 0 Å². The number of nitrogens with one attached hydrogen (secondary N) is 2. The molecule has 0 aromatic carbocycles. The molecule has 1 unspecified atom stereocenters. The predicted molar refractivity (Wildman–Crippen MR) is 88.0 cm³/mol. The number of pyridine rings is 1. The average molecular weight is 303 g/mol. The highest BCUT2D eigenvalue weighted by atomic mass is 32.1. The first-order valence-electron chi connectivity index (χ1n) is 7.21. The third kappa shape index (κ3) is 4.56. The van der Waals surface area contributed by atoms with Crippen LogP contribution in [0.1, 0.15) is 36.2 Å². The summed E-state index contributed by atoms with van der Waals surface area (Å²) in [7, 11) is 0. The number of carbonyl (C=O) groups excluding carboxylic acids is 1. The maximum atomic E-state index is 12.4. The summed E-state index contributed by atoms with van der Waals surface area (Å²) in [6.07, 6.45) is 3.53. The van der Waals surface area contributed by atoms with Gasteiger partial charge in [0.05, 0.1) is 5.56 Å². The van der Waals surface area contributed by atoms with Crippen molar-refractivity contribution in [1.82, 2.24) is 10.3 Å². The maximum Gasteiger partial charge on any atom is 0.255 e. The van der Waals surface area contributed by atoms with E-state index in [2.05, 4.69) is 39.4 Å². The molecule has 2 heterocycles. The molecule has 0 aliphatic rings.